The Balaban J connectivity index is 1.26. The first-order valence-corrected chi connectivity index (χ1v) is 14.5. The van der Waals surface area contributed by atoms with Gasteiger partial charge in [0.25, 0.3) is 0 Å². The number of benzene rings is 2. The molecule has 1 aliphatic rings. The van der Waals surface area contributed by atoms with E-state index in [9.17, 15) is 21.8 Å². The summed E-state index contributed by atoms with van der Waals surface area (Å²) in [7, 11) is -4.68. The van der Waals surface area contributed by atoms with E-state index in [0.717, 1.165) is 11.1 Å². The standard InChI is InChI=1S/C25H26F2N6O4S2/c26-19-5-1-17(2-6-19)23(18-3-7-20(27)8-4-18)33-11-9-32(10-12-33)13-21(37-39(34,35)36)14-38-25-22-24(29-15-28-22)30-16-31-25/h1-8,15-16,21,23H,9-14H2,(H,34,35,36)(H,28,29,30,31). The van der Waals surface area contributed by atoms with Gasteiger partial charge in [-0.15, -0.1) is 11.8 Å². The van der Waals surface area contributed by atoms with Crippen molar-refractivity contribution in [2.24, 2.45) is 0 Å². The highest BCUT2D eigenvalue weighted by Gasteiger charge is 2.29. The number of nitrogens with zero attached hydrogens (tertiary/aromatic N) is 5. The van der Waals surface area contributed by atoms with E-state index in [-0.39, 0.29) is 30.0 Å². The summed E-state index contributed by atoms with van der Waals surface area (Å²) in [6.45, 7) is 2.67. The maximum Gasteiger partial charge on any atom is 0.397 e. The molecule has 39 heavy (non-hydrogen) atoms. The number of aromatic nitrogens is 4. The van der Waals surface area contributed by atoms with Gasteiger partial charge in [0.1, 0.15) is 34.6 Å². The molecule has 4 aromatic rings. The Morgan fingerprint density at radius 3 is 2.15 bits per heavy atom. The van der Waals surface area contributed by atoms with Crippen molar-refractivity contribution in [3.63, 3.8) is 0 Å². The maximum absolute atomic E-state index is 13.6. The molecular formula is C25H26F2N6O4S2. The molecule has 0 bridgehead atoms. The van der Waals surface area contributed by atoms with Gasteiger partial charge < -0.3 is 4.98 Å². The molecule has 0 amide bonds. The Morgan fingerprint density at radius 2 is 1.56 bits per heavy atom. The van der Waals surface area contributed by atoms with E-state index in [1.165, 1.54) is 48.7 Å². The third kappa shape index (κ3) is 7.15. The Morgan fingerprint density at radius 1 is 0.949 bits per heavy atom. The van der Waals surface area contributed by atoms with Crippen LogP contribution < -0.4 is 0 Å². The number of nitrogens with one attached hydrogen (secondary N) is 1. The van der Waals surface area contributed by atoms with Crippen molar-refractivity contribution in [1.29, 1.82) is 0 Å². The summed E-state index contributed by atoms with van der Waals surface area (Å²) in [4.78, 5) is 19.7. The number of piperazine rings is 1. The zero-order valence-electron chi connectivity index (χ0n) is 20.7. The summed E-state index contributed by atoms with van der Waals surface area (Å²) in [5, 5.41) is 0.566. The normalized spacial score (nSPS) is 16.2. The lowest BCUT2D eigenvalue weighted by molar-refractivity contribution is 0.0764. The smallest absolute Gasteiger partial charge is 0.329 e. The first kappa shape index (κ1) is 27.6. The Hall–Kier alpha value is -3.01. The minimum atomic E-state index is -4.68. The van der Waals surface area contributed by atoms with E-state index >= 15 is 0 Å². The van der Waals surface area contributed by atoms with E-state index in [1.807, 2.05) is 0 Å². The molecule has 10 nitrogen and oxygen atoms in total. The SMILES string of the molecule is O=S(=O)(O)OC(CSc1ncnc2[nH]cnc12)CN1CCN(C(c2ccc(F)cc2)c2ccc(F)cc2)CC1. The second-order valence-electron chi connectivity index (χ2n) is 9.08. The summed E-state index contributed by atoms with van der Waals surface area (Å²) in [6, 6.07) is 12.3. The van der Waals surface area contributed by atoms with Gasteiger partial charge in [-0.2, -0.15) is 8.42 Å². The quantitative estimate of drug-likeness (QED) is 0.165. The number of aromatic amines is 1. The number of imidazole rings is 1. The van der Waals surface area contributed by atoms with Crippen LogP contribution >= 0.6 is 11.8 Å². The molecule has 1 fully saturated rings. The number of halogens is 2. The van der Waals surface area contributed by atoms with E-state index in [0.29, 0.717) is 42.4 Å². The molecular weight excluding hydrogens is 550 g/mol. The van der Waals surface area contributed by atoms with Crippen LogP contribution in [0.1, 0.15) is 17.2 Å². The molecule has 2 aromatic heterocycles. The van der Waals surface area contributed by atoms with Crippen molar-refractivity contribution >= 4 is 33.3 Å². The zero-order chi connectivity index (χ0) is 27.4. The van der Waals surface area contributed by atoms with Crippen molar-refractivity contribution in [3.8, 4) is 0 Å². The number of hydrogen-bond acceptors (Lipinski definition) is 9. The Kier molecular flexibility index (Phi) is 8.49. The van der Waals surface area contributed by atoms with Crippen LogP contribution in [0.2, 0.25) is 0 Å². The van der Waals surface area contributed by atoms with E-state index in [1.54, 1.807) is 24.3 Å². The van der Waals surface area contributed by atoms with Gasteiger partial charge in [-0.1, -0.05) is 24.3 Å². The first-order chi connectivity index (χ1) is 18.7. The molecule has 2 N–H and O–H groups in total. The van der Waals surface area contributed by atoms with Crippen molar-refractivity contribution in [2.45, 2.75) is 17.2 Å². The van der Waals surface area contributed by atoms with Crippen LogP contribution in [0.25, 0.3) is 11.2 Å². The van der Waals surface area contributed by atoms with Crippen molar-refractivity contribution in [3.05, 3.63) is 83.9 Å². The first-order valence-electron chi connectivity index (χ1n) is 12.1. The average Bonchev–Trinajstić information content (AvgIpc) is 3.39. The average molecular weight is 577 g/mol. The minimum Gasteiger partial charge on any atom is -0.329 e. The van der Waals surface area contributed by atoms with Gasteiger partial charge in [0, 0.05) is 38.5 Å². The number of thioether (sulfide) groups is 1. The monoisotopic (exact) mass is 576 g/mol. The summed E-state index contributed by atoms with van der Waals surface area (Å²) >= 11 is 1.26. The van der Waals surface area contributed by atoms with Crippen LogP contribution in [0.3, 0.4) is 0 Å². The molecule has 3 heterocycles. The third-order valence-corrected chi connectivity index (χ3v) is 8.08. The van der Waals surface area contributed by atoms with Crippen LogP contribution in [-0.4, -0.2) is 87.3 Å². The van der Waals surface area contributed by atoms with E-state index < -0.39 is 16.5 Å². The van der Waals surface area contributed by atoms with E-state index in [4.69, 9.17) is 4.18 Å². The predicted octanol–water partition coefficient (Wildman–Crippen LogP) is 3.32. The molecule has 1 unspecified atom stereocenters. The molecule has 2 aromatic carbocycles. The largest absolute Gasteiger partial charge is 0.397 e. The molecule has 1 atom stereocenters. The lowest BCUT2D eigenvalue weighted by Gasteiger charge is -2.40. The molecule has 0 saturated carbocycles. The zero-order valence-corrected chi connectivity index (χ0v) is 22.3. The van der Waals surface area contributed by atoms with Gasteiger partial charge in [0.05, 0.1) is 12.4 Å². The van der Waals surface area contributed by atoms with Crippen molar-refractivity contribution in [1.82, 2.24) is 29.7 Å². The van der Waals surface area contributed by atoms with Crippen LogP contribution in [0, 0.1) is 11.6 Å². The fourth-order valence-corrected chi connectivity index (χ4v) is 6.18. The molecule has 5 rings (SSSR count). The number of hydrogen-bond donors (Lipinski definition) is 2. The van der Waals surface area contributed by atoms with Crippen LogP contribution in [0.4, 0.5) is 8.78 Å². The van der Waals surface area contributed by atoms with Gasteiger partial charge in [-0.05, 0) is 35.4 Å². The van der Waals surface area contributed by atoms with Gasteiger partial charge in [-0.3, -0.25) is 14.4 Å². The highest BCUT2D eigenvalue weighted by molar-refractivity contribution is 7.99. The number of fused-ring (bicyclic) bond motifs is 1. The third-order valence-electron chi connectivity index (χ3n) is 6.45. The summed E-state index contributed by atoms with van der Waals surface area (Å²) in [6.07, 6.45) is 2.05. The summed E-state index contributed by atoms with van der Waals surface area (Å²) in [5.41, 5.74) is 2.90. The predicted molar refractivity (Wildman–Crippen MR) is 141 cm³/mol. The highest BCUT2D eigenvalue weighted by Crippen LogP contribution is 2.30. The van der Waals surface area contributed by atoms with Crippen molar-refractivity contribution in [2.75, 3.05) is 38.5 Å². The molecule has 1 aliphatic heterocycles. The van der Waals surface area contributed by atoms with Gasteiger partial charge >= 0.3 is 10.4 Å². The van der Waals surface area contributed by atoms with Crippen molar-refractivity contribution < 1.29 is 25.9 Å². The summed E-state index contributed by atoms with van der Waals surface area (Å²) < 4.78 is 64.7. The maximum atomic E-state index is 13.6. The van der Waals surface area contributed by atoms with Crippen LogP contribution in [0.5, 0.6) is 0 Å². The lowest BCUT2D eigenvalue weighted by atomic mass is 9.96. The topological polar surface area (TPSA) is 125 Å². The highest BCUT2D eigenvalue weighted by atomic mass is 32.3. The number of H-pyrrole nitrogens is 1. The van der Waals surface area contributed by atoms with E-state index in [2.05, 4.69) is 29.7 Å². The Bertz CT molecular complexity index is 1450. The molecule has 14 heteroatoms. The van der Waals surface area contributed by atoms with Crippen LogP contribution in [-0.2, 0) is 14.6 Å². The fraction of sp³-hybridized carbons (Fsp3) is 0.320. The molecule has 0 radical (unpaired) electrons. The molecule has 206 valence electrons. The Labute approximate surface area is 228 Å². The molecule has 0 aliphatic carbocycles. The second-order valence-corrected chi connectivity index (χ2v) is 11.1. The van der Waals surface area contributed by atoms with Crippen LogP contribution in [0.15, 0.2) is 66.2 Å². The lowest BCUT2D eigenvalue weighted by Crippen LogP contribution is -2.50. The minimum absolute atomic E-state index is 0.201. The summed E-state index contributed by atoms with van der Waals surface area (Å²) in [5.74, 6) is -0.467. The number of rotatable bonds is 10. The second kappa shape index (κ2) is 12.0. The van der Waals surface area contributed by atoms with Gasteiger partial charge in [0.2, 0.25) is 0 Å². The van der Waals surface area contributed by atoms with Gasteiger partial charge in [0.15, 0.2) is 5.65 Å². The van der Waals surface area contributed by atoms with Gasteiger partial charge in [-0.25, -0.2) is 27.9 Å². The molecule has 0 spiro atoms. The molecule has 1 saturated heterocycles. The fourth-order valence-electron chi connectivity index (χ4n) is 4.70.